The highest BCUT2D eigenvalue weighted by molar-refractivity contribution is 6.16. The van der Waals surface area contributed by atoms with Gasteiger partial charge in [0.05, 0.1) is 5.56 Å². The van der Waals surface area contributed by atoms with E-state index in [0.29, 0.717) is 5.56 Å². The monoisotopic (exact) mass is 268 g/mol. The number of carbonyl (C=O) groups is 3. The average Bonchev–Trinajstić information content (AvgIpc) is 2.46. The van der Waals surface area contributed by atoms with Gasteiger partial charge in [0.2, 0.25) is 11.8 Å². The molecule has 2 amide bonds. The van der Waals surface area contributed by atoms with Crippen molar-refractivity contribution in [1.29, 1.82) is 0 Å². The van der Waals surface area contributed by atoms with Crippen molar-refractivity contribution in [1.82, 2.24) is 0 Å². The first kappa shape index (κ1) is 13.5. The Kier molecular flexibility index (Phi) is 3.61. The predicted octanol–water partition coefficient (Wildman–Crippen LogP) is 1.12. The second-order valence-electron chi connectivity index (χ2n) is 4.18. The highest BCUT2D eigenvalue weighted by Crippen LogP contribution is 2.16. The van der Waals surface area contributed by atoms with Crippen LogP contribution in [-0.2, 0) is 0 Å². The van der Waals surface area contributed by atoms with Crippen LogP contribution in [0.15, 0.2) is 48.5 Å². The van der Waals surface area contributed by atoms with Crippen LogP contribution in [0, 0.1) is 0 Å². The van der Waals surface area contributed by atoms with Crippen LogP contribution in [0.4, 0.5) is 0 Å². The van der Waals surface area contributed by atoms with Gasteiger partial charge in [0.25, 0.3) is 0 Å². The Morgan fingerprint density at radius 2 is 1.35 bits per heavy atom. The van der Waals surface area contributed by atoms with Crippen LogP contribution in [0.2, 0.25) is 0 Å². The van der Waals surface area contributed by atoms with E-state index in [0.717, 1.165) is 0 Å². The maximum absolute atomic E-state index is 12.4. The van der Waals surface area contributed by atoms with Gasteiger partial charge < -0.3 is 11.5 Å². The molecule has 4 N–H and O–H groups in total. The Labute approximate surface area is 115 Å². The number of ketones is 1. The number of hydrogen-bond acceptors (Lipinski definition) is 3. The third-order valence-corrected chi connectivity index (χ3v) is 2.85. The summed E-state index contributed by atoms with van der Waals surface area (Å²) in [6, 6.07) is 12.4. The average molecular weight is 268 g/mol. The molecule has 0 saturated carbocycles. The Hall–Kier alpha value is -2.95. The van der Waals surface area contributed by atoms with Gasteiger partial charge in [-0.15, -0.1) is 0 Å². The molecule has 0 spiro atoms. The first-order chi connectivity index (χ1) is 9.50. The first-order valence-corrected chi connectivity index (χ1v) is 5.84. The summed E-state index contributed by atoms with van der Waals surface area (Å²) in [6.45, 7) is 0. The fraction of sp³-hybridized carbons (Fsp3) is 0. The molecule has 0 atom stereocenters. The molecule has 0 aliphatic heterocycles. The third-order valence-electron chi connectivity index (χ3n) is 2.85. The molecule has 0 saturated heterocycles. The second-order valence-corrected chi connectivity index (χ2v) is 4.18. The van der Waals surface area contributed by atoms with Crippen LogP contribution in [0.25, 0.3) is 0 Å². The largest absolute Gasteiger partial charge is 0.366 e. The minimum absolute atomic E-state index is 0.0591. The number of primary amides is 2. The lowest BCUT2D eigenvalue weighted by Gasteiger charge is -2.07. The fourth-order valence-electron chi connectivity index (χ4n) is 1.85. The molecule has 20 heavy (non-hydrogen) atoms. The molecule has 0 heterocycles. The van der Waals surface area contributed by atoms with Gasteiger partial charge in [0.15, 0.2) is 5.78 Å². The summed E-state index contributed by atoms with van der Waals surface area (Å²) in [7, 11) is 0. The zero-order valence-electron chi connectivity index (χ0n) is 10.5. The maximum atomic E-state index is 12.4. The van der Waals surface area contributed by atoms with Gasteiger partial charge in [-0.2, -0.15) is 0 Å². The topological polar surface area (TPSA) is 103 Å². The van der Waals surface area contributed by atoms with Crippen LogP contribution in [0.5, 0.6) is 0 Å². The Morgan fingerprint density at radius 3 is 1.90 bits per heavy atom. The van der Waals surface area contributed by atoms with Crippen LogP contribution in [-0.4, -0.2) is 17.6 Å². The molecule has 0 aromatic heterocycles. The summed E-state index contributed by atoms with van der Waals surface area (Å²) in [5.74, 6) is -1.80. The van der Waals surface area contributed by atoms with Crippen molar-refractivity contribution in [2.45, 2.75) is 0 Å². The van der Waals surface area contributed by atoms with Crippen LogP contribution in [0.3, 0.4) is 0 Å². The van der Waals surface area contributed by atoms with Gasteiger partial charge in [-0.1, -0.05) is 30.3 Å². The van der Waals surface area contributed by atoms with Crippen molar-refractivity contribution in [2.75, 3.05) is 0 Å². The molecule has 5 heteroatoms. The second kappa shape index (κ2) is 5.36. The molecule has 0 radical (unpaired) electrons. The van der Waals surface area contributed by atoms with E-state index >= 15 is 0 Å². The van der Waals surface area contributed by atoms with Crippen molar-refractivity contribution in [3.63, 3.8) is 0 Å². The Morgan fingerprint density at radius 1 is 0.700 bits per heavy atom. The quantitative estimate of drug-likeness (QED) is 0.812. The normalized spacial score (nSPS) is 10.0. The number of amides is 2. The highest BCUT2D eigenvalue weighted by Gasteiger charge is 2.18. The van der Waals surface area contributed by atoms with Gasteiger partial charge in [0.1, 0.15) is 0 Å². The zero-order valence-corrected chi connectivity index (χ0v) is 10.5. The van der Waals surface area contributed by atoms with E-state index < -0.39 is 11.8 Å². The van der Waals surface area contributed by atoms with E-state index in [-0.39, 0.29) is 22.5 Å². The van der Waals surface area contributed by atoms with Crippen LogP contribution >= 0.6 is 0 Å². The van der Waals surface area contributed by atoms with Crippen molar-refractivity contribution < 1.29 is 14.4 Å². The first-order valence-electron chi connectivity index (χ1n) is 5.84. The molecule has 2 aromatic rings. The van der Waals surface area contributed by atoms with Crippen LogP contribution < -0.4 is 11.5 Å². The van der Waals surface area contributed by atoms with Crippen molar-refractivity contribution in [3.8, 4) is 0 Å². The minimum atomic E-state index is -0.736. The summed E-state index contributed by atoms with van der Waals surface area (Å²) in [4.78, 5) is 35.0. The predicted molar refractivity (Wildman–Crippen MR) is 73.4 cm³/mol. The van der Waals surface area contributed by atoms with Gasteiger partial charge in [-0.25, -0.2) is 0 Å². The fourth-order valence-corrected chi connectivity index (χ4v) is 1.85. The molecule has 2 aromatic carbocycles. The number of benzene rings is 2. The van der Waals surface area contributed by atoms with Gasteiger partial charge in [-0.05, 0) is 18.2 Å². The van der Waals surface area contributed by atoms with E-state index in [1.54, 1.807) is 30.3 Å². The smallest absolute Gasteiger partial charge is 0.249 e. The van der Waals surface area contributed by atoms with E-state index in [4.69, 9.17) is 11.5 Å². The van der Waals surface area contributed by atoms with Gasteiger partial charge >= 0.3 is 0 Å². The molecular formula is C15H12N2O3. The van der Waals surface area contributed by atoms with E-state index in [1.165, 1.54) is 18.2 Å². The molecule has 2 rings (SSSR count). The number of nitrogens with two attached hydrogens (primary N) is 2. The lowest BCUT2D eigenvalue weighted by Crippen LogP contribution is -2.19. The third kappa shape index (κ3) is 2.56. The molecule has 5 nitrogen and oxygen atoms in total. The Bertz CT molecular complexity index is 694. The van der Waals surface area contributed by atoms with Crippen molar-refractivity contribution in [2.24, 2.45) is 11.5 Å². The number of carbonyl (C=O) groups excluding carboxylic acids is 3. The molecule has 0 fully saturated rings. The summed E-state index contributed by atoms with van der Waals surface area (Å²) in [6.07, 6.45) is 0. The van der Waals surface area contributed by atoms with E-state index in [2.05, 4.69) is 0 Å². The van der Waals surface area contributed by atoms with Gasteiger partial charge in [-0.3, -0.25) is 14.4 Å². The lowest BCUT2D eigenvalue weighted by molar-refractivity contribution is 0.0977. The summed E-state index contributed by atoms with van der Waals surface area (Å²) >= 11 is 0. The summed E-state index contributed by atoms with van der Waals surface area (Å²) < 4.78 is 0. The number of hydrogen-bond donors (Lipinski definition) is 2. The molecule has 0 bridgehead atoms. The van der Waals surface area contributed by atoms with Crippen LogP contribution in [0.1, 0.15) is 36.6 Å². The minimum Gasteiger partial charge on any atom is -0.366 e. The summed E-state index contributed by atoms with van der Waals surface area (Å²) in [5, 5.41) is 0. The van der Waals surface area contributed by atoms with Crippen molar-refractivity contribution >= 4 is 17.6 Å². The standard InChI is InChI=1S/C15H12N2O3/c16-14(19)10-6-7-11(15(17)20)12(8-10)13(18)9-4-2-1-3-5-9/h1-8H,(H2,16,19)(H2,17,20). The summed E-state index contributed by atoms with van der Waals surface area (Å²) in [5.41, 5.74) is 11.1. The van der Waals surface area contributed by atoms with Crippen molar-refractivity contribution in [3.05, 3.63) is 70.8 Å². The van der Waals surface area contributed by atoms with Gasteiger partial charge in [0, 0.05) is 16.7 Å². The van der Waals surface area contributed by atoms with E-state index in [9.17, 15) is 14.4 Å². The molecule has 0 aliphatic rings. The molecule has 0 unspecified atom stereocenters. The molecule has 100 valence electrons. The van der Waals surface area contributed by atoms with E-state index in [1.807, 2.05) is 0 Å². The maximum Gasteiger partial charge on any atom is 0.249 e. The highest BCUT2D eigenvalue weighted by atomic mass is 16.1. The molecule has 0 aliphatic carbocycles. The Balaban J connectivity index is 2.58. The SMILES string of the molecule is NC(=O)c1ccc(C(N)=O)c(C(=O)c2ccccc2)c1. The number of rotatable bonds is 4. The molecular weight excluding hydrogens is 256 g/mol. The zero-order chi connectivity index (χ0) is 14.7. The lowest BCUT2D eigenvalue weighted by atomic mass is 9.95.